The number of aromatic nitrogens is 3. The molecule has 2 aromatic carbocycles. The Morgan fingerprint density at radius 2 is 1.85 bits per heavy atom. The van der Waals surface area contributed by atoms with Gasteiger partial charge >= 0.3 is 0 Å². The van der Waals surface area contributed by atoms with Crippen LogP contribution >= 0.6 is 11.6 Å². The lowest BCUT2D eigenvalue weighted by molar-refractivity contribution is 0.102. The highest BCUT2D eigenvalue weighted by Crippen LogP contribution is 2.30. The number of hydrogen-bond donors (Lipinski definition) is 1. The van der Waals surface area contributed by atoms with Gasteiger partial charge in [0.05, 0.1) is 28.6 Å². The van der Waals surface area contributed by atoms with Gasteiger partial charge in [0.1, 0.15) is 5.75 Å². The van der Waals surface area contributed by atoms with Gasteiger partial charge in [-0.2, -0.15) is 14.2 Å². The van der Waals surface area contributed by atoms with Crippen molar-refractivity contribution < 1.29 is 17.9 Å². The monoisotopic (exact) mass is 491 g/mol. The third-order valence-corrected chi connectivity index (χ3v) is 7.16. The number of nitrogens with one attached hydrogen (secondary N) is 1. The van der Waals surface area contributed by atoms with Crippen LogP contribution in [-0.2, 0) is 10.0 Å². The maximum Gasteiger partial charge on any atom is 0.278 e. The Labute approximate surface area is 198 Å². The van der Waals surface area contributed by atoms with Crippen molar-refractivity contribution in [2.45, 2.75) is 32.6 Å². The van der Waals surface area contributed by atoms with Crippen LogP contribution in [0, 0.1) is 6.92 Å². The van der Waals surface area contributed by atoms with Crippen LogP contribution in [0.25, 0.3) is 5.69 Å². The van der Waals surface area contributed by atoms with E-state index >= 15 is 0 Å². The molecule has 3 aromatic rings. The number of halogens is 1. The Morgan fingerprint density at radius 1 is 1.12 bits per heavy atom. The van der Waals surface area contributed by atoms with Gasteiger partial charge in [-0.1, -0.05) is 31.5 Å². The average molecular weight is 492 g/mol. The van der Waals surface area contributed by atoms with Crippen LogP contribution in [-0.4, -0.2) is 53.3 Å². The summed E-state index contributed by atoms with van der Waals surface area (Å²) in [5.74, 6) is -0.191. The summed E-state index contributed by atoms with van der Waals surface area (Å²) in [6.07, 6.45) is 0. The molecule has 176 valence electrons. The predicted molar refractivity (Wildman–Crippen MR) is 127 cm³/mol. The molecule has 0 aliphatic rings. The molecule has 1 amide bonds. The van der Waals surface area contributed by atoms with E-state index in [1.54, 1.807) is 52.0 Å². The quantitative estimate of drug-likeness (QED) is 0.486. The Hall–Kier alpha value is -2.95. The van der Waals surface area contributed by atoms with Crippen molar-refractivity contribution in [2.75, 3.05) is 25.0 Å². The third kappa shape index (κ3) is 5.35. The number of sulfonamides is 1. The molecule has 0 spiro atoms. The first-order valence-corrected chi connectivity index (χ1v) is 12.3. The maximum absolute atomic E-state index is 13.0. The second kappa shape index (κ2) is 10.3. The van der Waals surface area contributed by atoms with Gasteiger partial charge in [-0.05, 0) is 50.2 Å². The molecule has 0 unspecified atom stereocenters. The molecule has 3 rings (SSSR count). The lowest BCUT2D eigenvalue weighted by Gasteiger charge is -2.20. The normalized spacial score (nSPS) is 11.6. The molecule has 1 N–H and O–H groups in total. The topological polar surface area (TPSA) is 106 Å². The van der Waals surface area contributed by atoms with Gasteiger partial charge in [0.15, 0.2) is 5.69 Å². The molecule has 0 radical (unpaired) electrons. The van der Waals surface area contributed by atoms with Gasteiger partial charge < -0.3 is 10.1 Å². The summed E-state index contributed by atoms with van der Waals surface area (Å²) in [6.45, 7) is 8.00. The largest absolute Gasteiger partial charge is 0.492 e. The van der Waals surface area contributed by atoms with E-state index in [4.69, 9.17) is 16.3 Å². The van der Waals surface area contributed by atoms with Crippen molar-refractivity contribution in [3.05, 3.63) is 58.9 Å². The number of hydrogen-bond acceptors (Lipinski definition) is 6. The number of rotatable bonds is 9. The minimum Gasteiger partial charge on any atom is -0.492 e. The number of aryl methyl sites for hydroxylation is 1. The summed E-state index contributed by atoms with van der Waals surface area (Å²) >= 11 is 6.04. The number of anilines is 1. The van der Waals surface area contributed by atoms with Crippen LogP contribution in [0.4, 0.5) is 5.69 Å². The van der Waals surface area contributed by atoms with Crippen LogP contribution in [0.5, 0.6) is 5.75 Å². The maximum atomic E-state index is 13.0. The van der Waals surface area contributed by atoms with Crippen molar-refractivity contribution in [1.82, 2.24) is 19.3 Å². The highest BCUT2D eigenvalue weighted by molar-refractivity contribution is 7.89. The standard InChI is InChI=1S/C22H26ClN5O4S/c1-5-27(6-2)33(30,31)18-11-12-20(32-7-3)19(14-18)24-22(29)21-15(4)25-28(26-21)17-10-8-9-16(23)13-17/h8-14H,5-7H2,1-4H3,(H,24,29). The number of ether oxygens (including phenoxy) is 1. The van der Waals surface area contributed by atoms with Gasteiger partial charge in [0.25, 0.3) is 5.91 Å². The summed E-state index contributed by atoms with van der Waals surface area (Å²) in [6, 6.07) is 11.3. The van der Waals surface area contributed by atoms with Gasteiger partial charge in [-0.3, -0.25) is 4.79 Å². The average Bonchev–Trinajstić information content (AvgIpc) is 3.17. The summed E-state index contributed by atoms with van der Waals surface area (Å²) in [5, 5.41) is 11.8. The summed E-state index contributed by atoms with van der Waals surface area (Å²) in [7, 11) is -3.72. The van der Waals surface area contributed by atoms with E-state index in [2.05, 4.69) is 15.5 Å². The van der Waals surface area contributed by atoms with Crippen molar-refractivity contribution in [3.63, 3.8) is 0 Å². The van der Waals surface area contributed by atoms with Crippen LogP contribution in [0.1, 0.15) is 37.0 Å². The minimum absolute atomic E-state index is 0.0595. The second-order valence-corrected chi connectivity index (χ2v) is 9.41. The van der Waals surface area contributed by atoms with Gasteiger partial charge in [-0.25, -0.2) is 8.42 Å². The second-order valence-electron chi connectivity index (χ2n) is 7.04. The Morgan fingerprint density at radius 3 is 2.48 bits per heavy atom. The SMILES string of the molecule is CCOc1ccc(S(=O)(=O)N(CC)CC)cc1NC(=O)c1nn(-c2cccc(Cl)c2)nc1C. The highest BCUT2D eigenvalue weighted by atomic mass is 35.5. The predicted octanol–water partition coefficient (Wildman–Crippen LogP) is 3.91. The summed E-state index contributed by atoms with van der Waals surface area (Å²) in [4.78, 5) is 14.4. The fraction of sp³-hybridized carbons (Fsp3) is 0.318. The molecule has 1 heterocycles. The van der Waals surface area contributed by atoms with Crippen LogP contribution in [0.2, 0.25) is 5.02 Å². The first kappa shape index (κ1) is 24.7. The lowest BCUT2D eigenvalue weighted by Crippen LogP contribution is -2.30. The molecular formula is C22H26ClN5O4S. The van der Waals surface area contributed by atoms with Crippen molar-refractivity contribution >= 4 is 33.2 Å². The van der Waals surface area contributed by atoms with Crippen molar-refractivity contribution in [3.8, 4) is 11.4 Å². The lowest BCUT2D eigenvalue weighted by atomic mass is 10.2. The zero-order valence-electron chi connectivity index (χ0n) is 18.9. The third-order valence-electron chi connectivity index (χ3n) is 4.88. The first-order valence-electron chi connectivity index (χ1n) is 10.5. The molecule has 0 aliphatic carbocycles. The van der Waals surface area contributed by atoms with E-state index in [0.717, 1.165) is 0 Å². The molecule has 0 atom stereocenters. The number of nitrogens with zero attached hydrogens (tertiary/aromatic N) is 4. The van der Waals surface area contributed by atoms with E-state index in [0.29, 0.717) is 41.8 Å². The van der Waals surface area contributed by atoms with E-state index in [9.17, 15) is 13.2 Å². The minimum atomic E-state index is -3.72. The fourth-order valence-electron chi connectivity index (χ4n) is 3.25. The number of amides is 1. The summed E-state index contributed by atoms with van der Waals surface area (Å²) in [5.41, 5.74) is 1.32. The molecule has 0 fully saturated rings. The van der Waals surface area contributed by atoms with Gasteiger partial charge in [-0.15, -0.1) is 5.10 Å². The molecule has 33 heavy (non-hydrogen) atoms. The van der Waals surface area contributed by atoms with Gasteiger partial charge in [0, 0.05) is 18.1 Å². The summed E-state index contributed by atoms with van der Waals surface area (Å²) < 4.78 is 32.8. The van der Waals surface area contributed by atoms with Crippen LogP contribution in [0.3, 0.4) is 0 Å². The zero-order chi connectivity index (χ0) is 24.2. The van der Waals surface area contributed by atoms with E-state index in [1.165, 1.54) is 27.3 Å². The number of carbonyl (C=O) groups excluding carboxylic acids is 1. The highest BCUT2D eigenvalue weighted by Gasteiger charge is 2.24. The molecule has 9 nitrogen and oxygen atoms in total. The molecule has 0 bridgehead atoms. The van der Waals surface area contributed by atoms with E-state index in [1.807, 2.05) is 0 Å². The molecule has 11 heteroatoms. The van der Waals surface area contributed by atoms with Crippen LogP contribution < -0.4 is 10.1 Å². The van der Waals surface area contributed by atoms with Crippen molar-refractivity contribution in [1.29, 1.82) is 0 Å². The number of benzene rings is 2. The Bertz CT molecular complexity index is 1260. The van der Waals surface area contributed by atoms with E-state index < -0.39 is 15.9 Å². The van der Waals surface area contributed by atoms with Crippen molar-refractivity contribution in [2.24, 2.45) is 0 Å². The smallest absolute Gasteiger partial charge is 0.278 e. The zero-order valence-corrected chi connectivity index (χ0v) is 20.4. The molecule has 0 aliphatic heterocycles. The number of carbonyl (C=O) groups is 1. The van der Waals surface area contributed by atoms with Crippen LogP contribution in [0.15, 0.2) is 47.4 Å². The van der Waals surface area contributed by atoms with Gasteiger partial charge in [0.2, 0.25) is 10.0 Å². The molecule has 0 saturated heterocycles. The first-order chi connectivity index (χ1) is 15.7. The Balaban J connectivity index is 1.96. The molecule has 0 saturated carbocycles. The molecule has 1 aromatic heterocycles. The molecular weight excluding hydrogens is 466 g/mol. The Kier molecular flexibility index (Phi) is 7.72. The van der Waals surface area contributed by atoms with E-state index in [-0.39, 0.29) is 16.3 Å². The fourth-order valence-corrected chi connectivity index (χ4v) is 4.92.